The number of aromatic nitrogens is 2. The maximum atomic E-state index is 13.1. The molecule has 1 N–H and O–H groups in total. The van der Waals surface area contributed by atoms with E-state index in [1.165, 1.54) is 0 Å². The first-order chi connectivity index (χ1) is 15.3. The molecule has 0 bridgehead atoms. The van der Waals surface area contributed by atoms with Gasteiger partial charge < -0.3 is 14.7 Å². The van der Waals surface area contributed by atoms with Gasteiger partial charge in [0.2, 0.25) is 11.7 Å². The zero-order valence-electron chi connectivity index (χ0n) is 16.9. The van der Waals surface area contributed by atoms with E-state index in [1.807, 2.05) is 77.0 Å². The van der Waals surface area contributed by atoms with E-state index in [0.717, 1.165) is 34.5 Å². The topological polar surface area (TPSA) is 71.3 Å². The number of urea groups is 1. The Kier molecular flexibility index (Phi) is 5.50. The van der Waals surface area contributed by atoms with Gasteiger partial charge in [0.25, 0.3) is 0 Å². The van der Waals surface area contributed by atoms with Gasteiger partial charge in [-0.05, 0) is 35.9 Å². The Morgan fingerprint density at radius 2 is 1.90 bits per heavy atom. The number of benzene rings is 2. The summed E-state index contributed by atoms with van der Waals surface area (Å²) in [7, 11) is 0. The van der Waals surface area contributed by atoms with Crippen LogP contribution in [0.1, 0.15) is 24.7 Å². The average Bonchev–Trinajstić information content (AvgIpc) is 3.52. The Morgan fingerprint density at radius 3 is 2.74 bits per heavy atom. The van der Waals surface area contributed by atoms with Gasteiger partial charge in [-0.3, -0.25) is 0 Å². The lowest BCUT2D eigenvalue weighted by atomic mass is 9.98. The predicted octanol–water partition coefficient (Wildman–Crippen LogP) is 5.88. The molecule has 0 spiro atoms. The van der Waals surface area contributed by atoms with Crippen molar-refractivity contribution in [1.29, 1.82) is 0 Å². The van der Waals surface area contributed by atoms with Gasteiger partial charge in [-0.15, -0.1) is 11.3 Å². The molecule has 1 aliphatic heterocycles. The zero-order chi connectivity index (χ0) is 21.0. The average molecular weight is 431 g/mol. The molecule has 1 unspecified atom stereocenters. The molecule has 1 fully saturated rings. The van der Waals surface area contributed by atoms with Crippen molar-refractivity contribution in [2.24, 2.45) is 0 Å². The summed E-state index contributed by atoms with van der Waals surface area (Å²) in [5, 5.41) is 9.21. The van der Waals surface area contributed by atoms with E-state index in [-0.39, 0.29) is 11.9 Å². The Labute approximate surface area is 184 Å². The molecule has 7 heteroatoms. The van der Waals surface area contributed by atoms with Crippen LogP contribution in [0.15, 0.2) is 76.6 Å². The second kappa shape index (κ2) is 8.73. The number of amides is 2. The van der Waals surface area contributed by atoms with Crippen LogP contribution < -0.4 is 5.32 Å². The third-order valence-corrected chi connectivity index (χ3v) is 6.36. The van der Waals surface area contributed by atoms with Crippen LogP contribution in [0.25, 0.3) is 21.8 Å². The lowest BCUT2D eigenvalue weighted by Crippen LogP contribution is -2.41. The number of nitrogens with one attached hydrogen (secondary N) is 1. The summed E-state index contributed by atoms with van der Waals surface area (Å²) in [6, 6.07) is 21.8. The van der Waals surface area contributed by atoms with Crippen LogP contribution in [0.3, 0.4) is 0 Å². The number of piperidine rings is 1. The van der Waals surface area contributed by atoms with Crippen molar-refractivity contribution in [3.63, 3.8) is 0 Å². The molecule has 31 heavy (non-hydrogen) atoms. The first-order valence-corrected chi connectivity index (χ1v) is 11.2. The normalized spacial score (nSPS) is 16.3. The van der Waals surface area contributed by atoms with Gasteiger partial charge in [0.15, 0.2) is 0 Å². The van der Waals surface area contributed by atoms with Crippen molar-refractivity contribution < 1.29 is 9.32 Å². The molecule has 0 saturated carbocycles. The SMILES string of the molecule is O=C(Nc1ccccc1-c1ccccc1)N1CCCC(c2nc(-c3cccs3)no2)C1. The van der Waals surface area contributed by atoms with Crippen LogP contribution in [0.5, 0.6) is 0 Å². The quantitative estimate of drug-likeness (QED) is 0.439. The van der Waals surface area contributed by atoms with E-state index in [1.54, 1.807) is 11.3 Å². The maximum Gasteiger partial charge on any atom is 0.321 e. The molecule has 1 saturated heterocycles. The fourth-order valence-corrected chi connectivity index (χ4v) is 4.58. The number of anilines is 1. The van der Waals surface area contributed by atoms with E-state index >= 15 is 0 Å². The Morgan fingerprint density at radius 1 is 1.06 bits per heavy atom. The lowest BCUT2D eigenvalue weighted by Gasteiger charge is -2.31. The molecule has 4 aromatic rings. The molecule has 2 aromatic heterocycles. The van der Waals surface area contributed by atoms with Crippen molar-refractivity contribution in [2.75, 3.05) is 18.4 Å². The smallest absolute Gasteiger partial charge is 0.321 e. The van der Waals surface area contributed by atoms with Gasteiger partial charge in [0.1, 0.15) is 0 Å². The van der Waals surface area contributed by atoms with E-state index in [9.17, 15) is 4.79 Å². The number of thiophene rings is 1. The number of carbonyl (C=O) groups excluding carboxylic acids is 1. The van der Waals surface area contributed by atoms with Crippen LogP contribution >= 0.6 is 11.3 Å². The predicted molar refractivity (Wildman–Crippen MR) is 122 cm³/mol. The zero-order valence-corrected chi connectivity index (χ0v) is 17.7. The molecule has 2 amide bonds. The summed E-state index contributed by atoms with van der Waals surface area (Å²) in [5.41, 5.74) is 2.88. The summed E-state index contributed by atoms with van der Waals surface area (Å²) in [4.78, 5) is 20.5. The largest absolute Gasteiger partial charge is 0.339 e. The van der Waals surface area contributed by atoms with E-state index < -0.39 is 0 Å². The molecule has 2 aromatic carbocycles. The van der Waals surface area contributed by atoms with Gasteiger partial charge in [-0.1, -0.05) is 59.8 Å². The molecule has 6 nitrogen and oxygen atoms in total. The second-order valence-electron chi connectivity index (χ2n) is 7.56. The van der Waals surface area contributed by atoms with Crippen molar-refractivity contribution >= 4 is 23.1 Å². The minimum Gasteiger partial charge on any atom is -0.339 e. The van der Waals surface area contributed by atoms with Crippen LogP contribution in [0.4, 0.5) is 10.5 Å². The molecule has 1 aliphatic rings. The highest BCUT2D eigenvalue weighted by Gasteiger charge is 2.29. The van der Waals surface area contributed by atoms with Crippen molar-refractivity contribution in [2.45, 2.75) is 18.8 Å². The monoisotopic (exact) mass is 430 g/mol. The minimum atomic E-state index is -0.105. The Hall–Kier alpha value is -3.45. The number of nitrogens with zero attached hydrogens (tertiary/aromatic N) is 3. The highest BCUT2D eigenvalue weighted by molar-refractivity contribution is 7.13. The Balaban J connectivity index is 1.30. The van der Waals surface area contributed by atoms with E-state index in [2.05, 4.69) is 15.5 Å². The van der Waals surface area contributed by atoms with Gasteiger partial charge in [0, 0.05) is 18.7 Å². The molecule has 156 valence electrons. The molecule has 1 atom stereocenters. The minimum absolute atomic E-state index is 0.0464. The number of rotatable bonds is 4. The lowest BCUT2D eigenvalue weighted by molar-refractivity contribution is 0.184. The number of carbonyl (C=O) groups is 1. The summed E-state index contributed by atoms with van der Waals surface area (Å²) in [6.45, 7) is 1.27. The fourth-order valence-electron chi connectivity index (χ4n) is 3.93. The third kappa shape index (κ3) is 4.22. The molecule has 0 aliphatic carbocycles. The summed E-state index contributed by atoms with van der Waals surface area (Å²) in [5.74, 6) is 1.26. The highest BCUT2D eigenvalue weighted by atomic mass is 32.1. The summed E-state index contributed by atoms with van der Waals surface area (Å²) < 4.78 is 5.54. The molecule has 5 rings (SSSR count). The fraction of sp³-hybridized carbons (Fsp3) is 0.208. The summed E-state index contributed by atoms with van der Waals surface area (Å²) in [6.07, 6.45) is 1.82. The van der Waals surface area contributed by atoms with Gasteiger partial charge >= 0.3 is 6.03 Å². The van der Waals surface area contributed by atoms with E-state index in [0.29, 0.717) is 24.8 Å². The van der Waals surface area contributed by atoms with Crippen molar-refractivity contribution in [3.8, 4) is 21.8 Å². The standard InChI is InChI=1S/C24H22N4O2S/c29-24(25-20-12-5-4-11-19(20)17-8-2-1-3-9-17)28-14-6-10-18(16-28)23-26-22(27-30-23)21-13-7-15-31-21/h1-5,7-9,11-13,15,18H,6,10,14,16H2,(H,25,29). The third-order valence-electron chi connectivity index (χ3n) is 5.49. The first-order valence-electron chi connectivity index (χ1n) is 10.4. The summed E-state index contributed by atoms with van der Waals surface area (Å²) >= 11 is 1.58. The van der Waals surface area contributed by atoms with Crippen LogP contribution in [0.2, 0.25) is 0 Å². The molecule has 3 heterocycles. The maximum absolute atomic E-state index is 13.1. The molecular formula is C24H22N4O2S. The van der Waals surface area contributed by atoms with Crippen LogP contribution in [0, 0.1) is 0 Å². The first kappa shape index (κ1) is 19.5. The van der Waals surface area contributed by atoms with Crippen molar-refractivity contribution in [1.82, 2.24) is 15.0 Å². The van der Waals surface area contributed by atoms with Crippen LogP contribution in [-0.2, 0) is 0 Å². The molecule has 0 radical (unpaired) electrons. The van der Waals surface area contributed by atoms with Gasteiger partial charge in [-0.2, -0.15) is 4.98 Å². The highest BCUT2D eigenvalue weighted by Crippen LogP contribution is 2.31. The number of para-hydroxylation sites is 1. The van der Waals surface area contributed by atoms with Gasteiger partial charge in [-0.25, -0.2) is 4.79 Å². The molecular weight excluding hydrogens is 408 g/mol. The van der Waals surface area contributed by atoms with E-state index in [4.69, 9.17) is 4.52 Å². The number of hydrogen-bond donors (Lipinski definition) is 1. The number of likely N-dealkylation sites (tertiary alicyclic amines) is 1. The van der Waals surface area contributed by atoms with Gasteiger partial charge in [0.05, 0.1) is 16.5 Å². The van der Waals surface area contributed by atoms with Crippen molar-refractivity contribution in [3.05, 3.63) is 78.0 Å². The number of hydrogen-bond acceptors (Lipinski definition) is 5. The Bertz CT molecular complexity index is 1160. The second-order valence-corrected chi connectivity index (χ2v) is 8.51. The van der Waals surface area contributed by atoms with Crippen LogP contribution in [-0.4, -0.2) is 34.2 Å².